The van der Waals surface area contributed by atoms with Gasteiger partial charge in [-0.15, -0.1) is 0 Å². The number of rotatable bonds is 3. The van der Waals surface area contributed by atoms with E-state index in [9.17, 15) is 26.4 Å². The third-order valence-electron chi connectivity index (χ3n) is 4.68. The lowest BCUT2D eigenvalue weighted by Crippen LogP contribution is -2.21. The smallest absolute Gasteiger partial charge is 0.311 e. The molecule has 0 unspecified atom stereocenters. The normalized spacial score (nSPS) is 12.4. The van der Waals surface area contributed by atoms with Crippen molar-refractivity contribution in [2.45, 2.75) is 11.1 Å². The Morgan fingerprint density at radius 2 is 1.77 bits per heavy atom. The molecule has 0 atom stereocenters. The summed E-state index contributed by atoms with van der Waals surface area (Å²) in [6, 6.07) is 12.4. The van der Waals surface area contributed by atoms with Gasteiger partial charge in [0.25, 0.3) is 15.6 Å². The average molecular weight is 433 g/mol. The van der Waals surface area contributed by atoms with Crippen LogP contribution in [0.15, 0.2) is 70.5 Å². The highest BCUT2D eigenvalue weighted by atomic mass is 32.2. The van der Waals surface area contributed by atoms with Crippen LogP contribution in [0.2, 0.25) is 0 Å². The van der Waals surface area contributed by atoms with Crippen molar-refractivity contribution in [3.8, 4) is 0 Å². The van der Waals surface area contributed by atoms with E-state index >= 15 is 0 Å². The van der Waals surface area contributed by atoms with E-state index in [4.69, 9.17) is 0 Å². The molecule has 2 aromatic heterocycles. The first-order valence-corrected chi connectivity index (χ1v) is 10.1. The molecule has 0 aliphatic rings. The molecule has 4 rings (SSSR count). The van der Waals surface area contributed by atoms with E-state index < -0.39 is 27.3 Å². The van der Waals surface area contributed by atoms with E-state index in [-0.39, 0.29) is 21.5 Å². The van der Waals surface area contributed by atoms with Crippen molar-refractivity contribution in [3.05, 3.63) is 76.7 Å². The number of nitrogens with zero attached hydrogens (tertiary/aromatic N) is 2. The standard InChI is InChI=1S/C20H14F3N3O3S/c1-26-18-7-6-14(9-15(18)16(10-19(26)27)20(21,22)23)30(28,29)25-13-8-12-4-2-3-5-17(12)24-11-13/h2-11,25H,1H3. The van der Waals surface area contributed by atoms with Crippen LogP contribution in [0.25, 0.3) is 21.8 Å². The van der Waals surface area contributed by atoms with Gasteiger partial charge in [0, 0.05) is 23.9 Å². The van der Waals surface area contributed by atoms with Gasteiger partial charge in [0.1, 0.15) is 0 Å². The molecule has 0 bridgehead atoms. The Morgan fingerprint density at radius 1 is 1.03 bits per heavy atom. The minimum Gasteiger partial charge on any atom is -0.311 e. The molecule has 2 heterocycles. The molecule has 0 saturated carbocycles. The Hall–Kier alpha value is -3.40. The Morgan fingerprint density at radius 3 is 2.50 bits per heavy atom. The first-order valence-electron chi connectivity index (χ1n) is 8.65. The molecule has 2 aromatic carbocycles. The van der Waals surface area contributed by atoms with Crippen LogP contribution in [0, 0.1) is 0 Å². The van der Waals surface area contributed by atoms with Crippen molar-refractivity contribution >= 4 is 37.5 Å². The molecule has 1 N–H and O–H groups in total. The number of aromatic nitrogens is 2. The molecule has 4 aromatic rings. The summed E-state index contributed by atoms with van der Waals surface area (Å²) in [5.74, 6) is 0. The van der Waals surface area contributed by atoms with Gasteiger partial charge in [-0.05, 0) is 30.3 Å². The number of aryl methyl sites for hydroxylation is 1. The number of hydrogen-bond donors (Lipinski definition) is 1. The second kappa shape index (κ2) is 6.84. The summed E-state index contributed by atoms with van der Waals surface area (Å²) in [6.45, 7) is 0. The summed E-state index contributed by atoms with van der Waals surface area (Å²) in [5.41, 5.74) is -1.22. The number of nitrogens with one attached hydrogen (secondary N) is 1. The summed E-state index contributed by atoms with van der Waals surface area (Å²) in [7, 11) is -2.89. The second-order valence-corrected chi connectivity index (χ2v) is 8.34. The number of alkyl halides is 3. The fourth-order valence-corrected chi connectivity index (χ4v) is 4.24. The Bertz CT molecular complexity index is 1460. The van der Waals surface area contributed by atoms with Gasteiger partial charge >= 0.3 is 6.18 Å². The fraction of sp³-hybridized carbons (Fsp3) is 0.100. The van der Waals surface area contributed by atoms with Gasteiger partial charge in [0.2, 0.25) is 0 Å². The third kappa shape index (κ3) is 3.50. The van der Waals surface area contributed by atoms with Gasteiger partial charge in [-0.1, -0.05) is 18.2 Å². The highest BCUT2D eigenvalue weighted by Gasteiger charge is 2.34. The number of halogens is 3. The number of benzene rings is 2. The zero-order valence-corrected chi connectivity index (χ0v) is 16.3. The first kappa shape index (κ1) is 19.9. The Balaban J connectivity index is 1.83. The van der Waals surface area contributed by atoms with Gasteiger partial charge in [-0.3, -0.25) is 14.5 Å². The molecule has 0 radical (unpaired) electrons. The summed E-state index contributed by atoms with van der Waals surface area (Å²) < 4.78 is 69.3. The maximum absolute atomic E-state index is 13.4. The number of pyridine rings is 2. The monoisotopic (exact) mass is 433 g/mol. The van der Waals surface area contributed by atoms with Crippen LogP contribution in [-0.4, -0.2) is 18.0 Å². The number of anilines is 1. The molecule has 0 saturated heterocycles. The molecular formula is C20H14F3N3O3S. The minimum absolute atomic E-state index is 0.0267. The summed E-state index contributed by atoms with van der Waals surface area (Å²) in [6.07, 6.45) is -3.49. The van der Waals surface area contributed by atoms with Crippen LogP contribution >= 0.6 is 0 Å². The number of para-hydroxylation sites is 1. The molecule has 0 aliphatic heterocycles. The van der Waals surface area contributed by atoms with E-state index in [1.54, 1.807) is 30.3 Å². The SMILES string of the molecule is Cn1c(=O)cc(C(F)(F)F)c2cc(S(=O)(=O)Nc3cnc4ccccc4c3)ccc21. The van der Waals surface area contributed by atoms with E-state index in [1.807, 2.05) is 0 Å². The van der Waals surface area contributed by atoms with Crippen LogP contribution in [-0.2, 0) is 23.2 Å². The Kier molecular flexibility index (Phi) is 4.53. The van der Waals surface area contributed by atoms with Crippen molar-refractivity contribution in [3.63, 3.8) is 0 Å². The van der Waals surface area contributed by atoms with Crippen molar-refractivity contribution in [1.82, 2.24) is 9.55 Å². The molecule has 0 spiro atoms. The molecule has 0 fully saturated rings. The maximum atomic E-state index is 13.4. The van der Waals surface area contributed by atoms with Gasteiger partial charge in [0.05, 0.1) is 33.4 Å². The zero-order chi connectivity index (χ0) is 21.7. The molecule has 6 nitrogen and oxygen atoms in total. The average Bonchev–Trinajstić information content (AvgIpc) is 2.69. The summed E-state index contributed by atoms with van der Waals surface area (Å²) >= 11 is 0. The topological polar surface area (TPSA) is 81.1 Å². The number of fused-ring (bicyclic) bond motifs is 2. The predicted octanol–water partition coefficient (Wildman–Crippen LogP) is 3.91. The van der Waals surface area contributed by atoms with Crippen molar-refractivity contribution in [2.24, 2.45) is 7.05 Å². The lowest BCUT2D eigenvalue weighted by molar-refractivity contribution is -0.136. The van der Waals surface area contributed by atoms with Crippen LogP contribution in [0.4, 0.5) is 18.9 Å². The van der Waals surface area contributed by atoms with Gasteiger partial charge in [-0.25, -0.2) is 8.42 Å². The van der Waals surface area contributed by atoms with Gasteiger partial charge in [-0.2, -0.15) is 13.2 Å². The Labute approximate surface area is 168 Å². The number of sulfonamides is 1. The van der Waals surface area contributed by atoms with E-state index in [2.05, 4.69) is 9.71 Å². The first-order chi connectivity index (χ1) is 14.1. The second-order valence-electron chi connectivity index (χ2n) is 6.65. The number of hydrogen-bond acceptors (Lipinski definition) is 4. The fourth-order valence-electron chi connectivity index (χ4n) is 3.18. The highest BCUT2D eigenvalue weighted by molar-refractivity contribution is 7.92. The summed E-state index contributed by atoms with van der Waals surface area (Å²) in [4.78, 5) is 15.7. The van der Waals surface area contributed by atoms with Crippen molar-refractivity contribution in [2.75, 3.05) is 4.72 Å². The van der Waals surface area contributed by atoms with Crippen LogP contribution < -0.4 is 10.3 Å². The lowest BCUT2D eigenvalue weighted by atomic mass is 10.1. The lowest BCUT2D eigenvalue weighted by Gasteiger charge is -2.14. The van der Waals surface area contributed by atoms with E-state index in [1.165, 1.54) is 19.3 Å². The molecule has 154 valence electrons. The van der Waals surface area contributed by atoms with Crippen molar-refractivity contribution in [1.29, 1.82) is 0 Å². The quantitative estimate of drug-likeness (QED) is 0.531. The zero-order valence-electron chi connectivity index (χ0n) is 15.4. The van der Waals surface area contributed by atoms with Gasteiger partial charge in [0.15, 0.2) is 0 Å². The molecule has 0 aliphatic carbocycles. The third-order valence-corrected chi connectivity index (χ3v) is 6.06. The van der Waals surface area contributed by atoms with Crippen LogP contribution in [0.5, 0.6) is 0 Å². The molecular weight excluding hydrogens is 419 g/mol. The van der Waals surface area contributed by atoms with Crippen LogP contribution in [0.1, 0.15) is 5.56 Å². The molecule has 0 amide bonds. The molecule has 30 heavy (non-hydrogen) atoms. The minimum atomic E-state index is -4.82. The predicted molar refractivity (Wildman–Crippen MR) is 107 cm³/mol. The van der Waals surface area contributed by atoms with E-state index in [0.29, 0.717) is 17.0 Å². The van der Waals surface area contributed by atoms with E-state index in [0.717, 1.165) is 16.7 Å². The van der Waals surface area contributed by atoms with Gasteiger partial charge < -0.3 is 4.57 Å². The van der Waals surface area contributed by atoms with Crippen LogP contribution in [0.3, 0.4) is 0 Å². The largest absolute Gasteiger partial charge is 0.417 e. The molecule has 10 heteroatoms. The summed E-state index contributed by atoms with van der Waals surface area (Å²) in [5, 5.41) is 0.315. The maximum Gasteiger partial charge on any atom is 0.417 e. The van der Waals surface area contributed by atoms with Crippen molar-refractivity contribution < 1.29 is 21.6 Å². The highest BCUT2D eigenvalue weighted by Crippen LogP contribution is 2.34.